The number of benzene rings is 1. The van der Waals surface area contributed by atoms with Crippen LogP contribution in [0.3, 0.4) is 0 Å². The standard InChI is InChI=1S/C12H15ClN2O2/c1-7-2-3-8(13)4-11(7)15-12(16)9-5-17-6-10(9)14/h2-4,9-10H,5-6,14H2,1H3,(H,15,16). The molecule has 1 aliphatic heterocycles. The number of halogens is 1. The van der Waals surface area contributed by atoms with Gasteiger partial charge in [-0.25, -0.2) is 0 Å². The first-order chi connectivity index (χ1) is 8.08. The van der Waals surface area contributed by atoms with Crippen molar-refractivity contribution in [3.05, 3.63) is 28.8 Å². The first-order valence-electron chi connectivity index (χ1n) is 5.48. The zero-order chi connectivity index (χ0) is 12.4. The maximum absolute atomic E-state index is 12.0. The van der Waals surface area contributed by atoms with E-state index in [0.717, 1.165) is 11.3 Å². The molecule has 4 nitrogen and oxygen atoms in total. The van der Waals surface area contributed by atoms with E-state index in [1.807, 2.05) is 13.0 Å². The van der Waals surface area contributed by atoms with Gasteiger partial charge in [0.1, 0.15) is 0 Å². The van der Waals surface area contributed by atoms with Gasteiger partial charge in [-0.05, 0) is 24.6 Å². The summed E-state index contributed by atoms with van der Waals surface area (Å²) in [7, 11) is 0. The van der Waals surface area contributed by atoms with E-state index in [1.165, 1.54) is 0 Å². The number of aryl methyl sites for hydroxylation is 1. The van der Waals surface area contributed by atoms with E-state index >= 15 is 0 Å². The molecule has 0 spiro atoms. The molecule has 2 unspecified atom stereocenters. The fraction of sp³-hybridized carbons (Fsp3) is 0.417. The zero-order valence-electron chi connectivity index (χ0n) is 9.57. The van der Waals surface area contributed by atoms with Crippen molar-refractivity contribution in [2.24, 2.45) is 11.7 Å². The second kappa shape index (κ2) is 5.04. The van der Waals surface area contributed by atoms with Crippen molar-refractivity contribution < 1.29 is 9.53 Å². The molecule has 0 radical (unpaired) electrons. The van der Waals surface area contributed by atoms with Crippen LogP contribution in [0.15, 0.2) is 18.2 Å². The van der Waals surface area contributed by atoms with Crippen molar-refractivity contribution in [2.75, 3.05) is 18.5 Å². The van der Waals surface area contributed by atoms with Crippen LogP contribution < -0.4 is 11.1 Å². The van der Waals surface area contributed by atoms with Gasteiger partial charge in [-0.3, -0.25) is 4.79 Å². The van der Waals surface area contributed by atoms with Gasteiger partial charge in [0.05, 0.1) is 19.1 Å². The lowest BCUT2D eigenvalue weighted by Gasteiger charge is -2.14. The molecule has 92 valence electrons. The van der Waals surface area contributed by atoms with Gasteiger partial charge in [0.2, 0.25) is 5.91 Å². The van der Waals surface area contributed by atoms with Gasteiger partial charge >= 0.3 is 0 Å². The molecule has 3 N–H and O–H groups in total. The fourth-order valence-electron chi connectivity index (χ4n) is 1.80. The molecule has 1 heterocycles. The molecular weight excluding hydrogens is 240 g/mol. The first kappa shape index (κ1) is 12.4. The van der Waals surface area contributed by atoms with Crippen molar-refractivity contribution >= 4 is 23.2 Å². The summed E-state index contributed by atoms with van der Waals surface area (Å²) in [5.41, 5.74) is 7.48. The molecule has 1 amide bonds. The summed E-state index contributed by atoms with van der Waals surface area (Å²) < 4.78 is 5.17. The third-order valence-electron chi connectivity index (χ3n) is 2.92. The van der Waals surface area contributed by atoms with Gasteiger partial charge in [-0.1, -0.05) is 17.7 Å². The SMILES string of the molecule is Cc1ccc(Cl)cc1NC(=O)C1COCC1N. The number of amides is 1. The second-order valence-corrected chi connectivity index (χ2v) is 4.69. The largest absolute Gasteiger partial charge is 0.379 e. The first-order valence-corrected chi connectivity index (χ1v) is 5.86. The summed E-state index contributed by atoms with van der Waals surface area (Å²) in [6.07, 6.45) is 0. The Kier molecular flexibility index (Phi) is 3.66. The highest BCUT2D eigenvalue weighted by Crippen LogP contribution is 2.22. The van der Waals surface area contributed by atoms with Crippen LogP contribution in [0.2, 0.25) is 5.02 Å². The molecule has 1 fully saturated rings. The lowest BCUT2D eigenvalue weighted by Crippen LogP contribution is -2.37. The summed E-state index contributed by atoms with van der Waals surface area (Å²) in [6.45, 7) is 2.73. The molecular formula is C12H15ClN2O2. The smallest absolute Gasteiger partial charge is 0.231 e. The van der Waals surface area contributed by atoms with Crippen molar-refractivity contribution in [3.63, 3.8) is 0 Å². The Balaban J connectivity index is 2.10. The highest BCUT2D eigenvalue weighted by Gasteiger charge is 2.31. The van der Waals surface area contributed by atoms with Crippen LogP contribution in [0.25, 0.3) is 0 Å². The summed E-state index contributed by atoms with van der Waals surface area (Å²) in [6, 6.07) is 5.16. The Morgan fingerprint density at radius 1 is 1.53 bits per heavy atom. The van der Waals surface area contributed by atoms with E-state index in [4.69, 9.17) is 22.1 Å². The maximum atomic E-state index is 12.0. The van der Waals surface area contributed by atoms with E-state index in [-0.39, 0.29) is 17.9 Å². The average Bonchev–Trinajstić information content (AvgIpc) is 2.70. The quantitative estimate of drug-likeness (QED) is 0.842. The van der Waals surface area contributed by atoms with E-state index in [1.54, 1.807) is 12.1 Å². The van der Waals surface area contributed by atoms with Crippen LogP contribution >= 0.6 is 11.6 Å². The van der Waals surface area contributed by atoms with Gasteiger partial charge in [0, 0.05) is 16.8 Å². The van der Waals surface area contributed by atoms with Crippen LogP contribution in [0, 0.1) is 12.8 Å². The molecule has 1 aromatic rings. The van der Waals surface area contributed by atoms with Crippen molar-refractivity contribution in [2.45, 2.75) is 13.0 Å². The minimum atomic E-state index is -0.284. The number of carbonyl (C=O) groups is 1. The monoisotopic (exact) mass is 254 g/mol. The van der Waals surface area contributed by atoms with Crippen molar-refractivity contribution in [1.82, 2.24) is 0 Å². The van der Waals surface area contributed by atoms with Gasteiger partial charge in [-0.15, -0.1) is 0 Å². The molecule has 0 aromatic heterocycles. The van der Waals surface area contributed by atoms with Crippen molar-refractivity contribution in [1.29, 1.82) is 0 Å². The van der Waals surface area contributed by atoms with Crippen LogP contribution in [0.5, 0.6) is 0 Å². The minimum absolute atomic E-state index is 0.111. The number of nitrogens with two attached hydrogens (primary N) is 1. The Bertz CT molecular complexity index is 437. The Morgan fingerprint density at radius 2 is 2.29 bits per heavy atom. The van der Waals surface area contributed by atoms with Crippen LogP contribution in [-0.2, 0) is 9.53 Å². The highest BCUT2D eigenvalue weighted by molar-refractivity contribution is 6.31. The van der Waals surface area contributed by atoms with Crippen LogP contribution in [0.4, 0.5) is 5.69 Å². The summed E-state index contributed by atoms with van der Waals surface area (Å²) in [4.78, 5) is 12.0. The van der Waals surface area contributed by atoms with E-state index in [2.05, 4.69) is 5.32 Å². The molecule has 1 aromatic carbocycles. The number of carbonyl (C=O) groups excluding carboxylic acids is 1. The van der Waals surface area contributed by atoms with Crippen LogP contribution in [-0.4, -0.2) is 25.2 Å². The number of anilines is 1. The van der Waals surface area contributed by atoms with Gasteiger partial charge in [-0.2, -0.15) is 0 Å². The number of hydrogen-bond donors (Lipinski definition) is 2. The Labute approximate surface area is 105 Å². The third kappa shape index (κ3) is 2.77. The normalized spacial score (nSPS) is 23.7. The fourth-order valence-corrected chi connectivity index (χ4v) is 1.97. The molecule has 1 saturated heterocycles. The van der Waals surface area contributed by atoms with Gasteiger partial charge in [0.25, 0.3) is 0 Å². The molecule has 0 saturated carbocycles. The molecule has 1 aliphatic rings. The number of nitrogens with one attached hydrogen (secondary N) is 1. The van der Waals surface area contributed by atoms with Gasteiger partial charge < -0.3 is 15.8 Å². The lowest BCUT2D eigenvalue weighted by molar-refractivity contribution is -0.120. The molecule has 5 heteroatoms. The molecule has 17 heavy (non-hydrogen) atoms. The highest BCUT2D eigenvalue weighted by atomic mass is 35.5. The van der Waals surface area contributed by atoms with E-state index < -0.39 is 0 Å². The minimum Gasteiger partial charge on any atom is -0.379 e. The summed E-state index contributed by atoms with van der Waals surface area (Å²) in [5, 5.41) is 3.44. The molecule has 2 rings (SSSR count). The summed E-state index contributed by atoms with van der Waals surface area (Å²) >= 11 is 5.89. The zero-order valence-corrected chi connectivity index (χ0v) is 10.3. The Morgan fingerprint density at radius 3 is 2.94 bits per heavy atom. The molecule has 0 aliphatic carbocycles. The summed E-state index contributed by atoms with van der Waals surface area (Å²) in [5.74, 6) is -0.395. The Hall–Kier alpha value is -1.10. The number of rotatable bonds is 2. The predicted molar refractivity (Wildman–Crippen MR) is 67.1 cm³/mol. The average molecular weight is 255 g/mol. The van der Waals surface area contributed by atoms with E-state index in [0.29, 0.717) is 18.2 Å². The second-order valence-electron chi connectivity index (χ2n) is 4.26. The van der Waals surface area contributed by atoms with Crippen LogP contribution in [0.1, 0.15) is 5.56 Å². The predicted octanol–water partition coefficient (Wildman–Crippen LogP) is 1.56. The number of hydrogen-bond acceptors (Lipinski definition) is 3. The topological polar surface area (TPSA) is 64.3 Å². The maximum Gasteiger partial charge on any atom is 0.231 e. The van der Waals surface area contributed by atoms with Gasteiger partial charge in [0.15, 0.2) is 0 Å². The van der Waals surface area contributed by atoms with Crippen molar-refractivity contribution in [3.8, 4) is 0 Å². The van der Waals surface area contributed by atoms with E-state index in [9.17, 15) is 4.79 Å². The third-order valence-corrected chi connectivity index (χ3v) is 3.15. The lowest BCUT2D eigenvalue weighted by atomic mass is 10.0. The molecule has 2 atom stereocenters. The molecule has 0 bridgehead atoms. The number of ether oxygens (including phenoxy) is 1.